The van der Waals surface area contributed by atoms with Crippen LogP contribution in [0.2, 0.25) is 0 Å². The van der Waals surface area contributed by atoms with Crippen LogP contribution < -0.4 is 10.6 Å². The van der Waals surface area contributed by atoms with Crippen molar-refractivity contribution in [2.45, 2.75) is 78.1 Å². The first-order valence-corrected chi connectivity index (χ1v) is 9.41. The molecule has 0 aromatic rings. The van der Waals surface area contributed by atoms with Crippen LogP contribution in [0.15, 0.2) is 0 Å². The van der Waals surface area contributed by atoms with E-state index in [-0.39, 0.29) is 0 Å². The predicted octanol–water partition coefficient (Wildman–Crippen LogP) is 4.12. The summed E-state index contributed by atoms with van der Waals surface area (Å²) in [5, 5.41) is 6.95. The molecule has 0 unspecified atom stereocenters. The Morgan fingerprint density at radius 1 is 0.571 bits per heavy atom. The Balaban J connectivity index is 2.90. The van der Waals surface area contributed by atoms with E-state index in [0.717, 1.165) is 39.3 Å². The standard InChI is InChI=1S/C18H40N2O/c1-3-5-6-7-8-9-10-11-12-14-19-16-17-20-15-13-18-21-4-2/h19-20H,3-18H2,1-2H3. The van der Waals surface area contributed by atoms with Crippen molar-refractivity contribution in [1.29, 1.82) is 0 Å². The molecular formula is C18H40N2O. The molecule has 0 aliphatic rings. The van der Waals surface area contributed by atoms with Crippen LogP contribution in [-0.4, -0.2) is 39.4 Å². The molecule has 0 saturated heterocycles. The quantitative estimate of drug-likeness (QED) is 0.374. The normalized spacial score (nSPS) is 11.1. The van der Waals surface area contributed by atoms with Gasteiger partial charge in [0.1, 0.15) is 0 Å². The van der Waals surface area contributed by atoms with Gasteiger partial charge in [-0.15, -0.1) is 0 Å². The lowest BCUT2D eigenvalue weighted by atomic mass is 10.1. The highest BCUT2D eigenvalue weighted by Gasteiger charge is 1.93. The third-order valence-corrected chi connectivity index (χ3v) is 3.78. The lowest BCUT2D eigenvalue weighted by Crippen LogP contribution is -2.28. The molecule has 2 N–H and O–H groups in total. The minimum absolute atomic E-state index is 0.834. The van der Waals surface area contributed by atoms with Crippen LogP contribution in [0.25, 0.3) is 0 Å². The van der Waals surface area contributed by atoms with Crippen molar-refractivity contribution in [2.24, 2.45) is 0 Å². The lowest BCUT2D eigenvalue weighted by Gasteiger charge is -2.07. The number of hydrogen-bond acceptors (Lipinski definition) is 3. The Kier molecular flexibility index (Phi) is 19.8. The number of unbranched alkanes of at least 4 members (excludes halogenated alkanes) is 8. The van der Waals surface area contributed by atoms with Crippen LogP contribution in [0.5, 0.6) is 0 Å². The van der Waals surface area contributed by atoms with E-state index in [4.69, 9.17) is 4.74 Å². The molecule has 0 fully saturated rings. The van der Waals surface area contributed by atoms with E-state index < -0.39 is 0 Å². The molecule has 0 spiro atoms. The summed E-state index contributed by atoms with van der Waals surface area (Å²) in [4.78, 5) is 0. The fraction of sp³-hybridized carbons (Fsp3) is 1.00. The molecule has 128 valence electrons. The summed E-state index contributed by atoms with van der Waals surface area (Å²) in [6, 6.07) is 0. The van der Waals surface area contributed by atoms with Crippen LogP contribution in [0.1, 0.15) is 78.1 Å². The van der Waals surface area contributed by atoms with Crippen LogP contribution in [-0.2, 0) is 4.74 Å². The molecule has 0 atom stereocenters. The number of hydrogen-bond donors (Lipinski definition) is 2. The van der Waals surface area contributed by atoms with E-state index in [1.807, 2.05) is 6.92 Å². The van der Waals surface area contributed by atoms with Crippen LogP contribution in [0.3, 0.4) is 0 Å². The number of ether oxygens (including phenoxy) is 1. The van der Waals surface area contributed by atoms with Crippen molar-refractivity contribution in [3.63, 3.8) is 0 Å². The molecule has 0 aromatic heterocycles. The molecule has 0 heterocycles. The van der Waals surface area contributed by atoms with Crippen molar-refractivity contribution in [2.75, 3.05) is 39.4 Å². The van der Waals surface area contributed by atoms with Gasteiger partial charge in [-0.25, -0.2) is 0 Å². The van der Waals surface area contributed by atoms with Crippen molar-refractivity contribution in [1.82, 2.24) is 10.6 Å². The third-order valence-electron chi connectivity index (χ3n) is 3.78. The summed E-state index contributed by atoms with van der Waals surface area (Å²) in [6.45, 7) is 10.5. The van der Waals surface area contributed by atoms with E-state index in [1.165, 1.54) is 64.3 Å². The topological polar surface area (TPSA) is 33.3 Å². The summed E-state index contributed by atoms with van der Waals surface area (Å²) < 4.78 is 5.30. The highest BCUT2D eigenvalue weighted by Crippen LogP contribution is 2.09. The van der Waals surface area contributed by atoms with Gasteiger partial charge in [-0.3, -0.25) is 0 Å². The molecule has 0 amide bonds. The molecule has 3 heteroatoms. The Bertz CT molecular complexity index is 159. The van der Waals surface area contributed by atoms with E-state index in [1.54, 1.807) is 0 Å². The van der Waals surface area contributed by atoms with Crippen LogP contribution in [0, 0.1) is 0 Å². The van der Waals surface area contributed by atoms with Gasteiger partial charge in [-0.1, -0.05) is 58.3 Å². The molecule has 0 aliphatic heterocycles. The zero-order chi connectivity index (χ0) is 15.4. The second-order valence-corrected chi connectivity index (χ2v) is 5.88. The summed E-state index contributed by atoms with van der Waals surface area (Å²) in [6.07, 6.45) is 13.8. The van der Waals surface area contributed by atoms with Gasteiger partial charge >= 0.3 is 0 Å². The first kappa shape index (κ1) is 20.9. The van der Waals surface area contributed by atoms with Crippen molar-refractivity contribution in [3.05, 3.63) is 0 Å². The minimum atomic E-state index is 0.834. The molecule has 21 heavy (non-hydrogen) atoms. The fourth-order valence-corrected chi connectivity index (χ4v) is 2.43. The molecule has 0 bridgehead atoms. The maximum Gasteiger partial charge on any atom is 0.0477 e. The van der Waals surface area contributed by atoms with Gasteiger partial charge in [0.2, 0.25) is 0 Å². The molecule has 0 rings (SSSR count). The highest BCUT2D eigenvalue weighted by atomic mass is 16.5. The largest absolute Gasteiger partial charge is 0.382 e. The summed E-state index contributed by atoms with van der Waals surface area (Å²) in [7, 11) is 0. The first-order valence-electron chi connectivity index (χ1n) is 9.41. The summed E-state index contributed by atoms with van der Waals surface area (Å²) in [5.41, 5.74) is 0. The van der Waals surface area contributed by atoms with Gasteiger partial charge in [0.25, 0.3) is 0 Å². The van der Waals surface area contributed by atoms with Gasteiger partial charge in [-0.2, -0.15) is 0 Å². The van der Waals surface area contributed by atoms with Crippen LogP contribution >= 0.6 is 0 Å². The zero-order valence-electron chi connectivity index (χ0n) is 14.7. The fourth-order valence-electron chi connectivity index (χ4n) is 2.43. The molecule has 0 aromatic carbocycles. The molecule has 0 aliphatic carbocycles. The Hall–Kier alpha value is -0.120. The second-order valence-electron chi connectivity index (χ2n) is 5.88. The van der Waals surface area contributed by atoms with Crippen molar-refractivity contribution >= 4 is 0 Å². The Morgan fingerprint density at radius 2 is 1.10 bits per heavy atom. The van der Waals surface area contributed by atoms with E-state index in [2.05, 4.69) is 17.6 Å². The maximum atomic E-state index is 5.30. The SMILES string of the molecule is CCCCCCCCCCCNCCNCCCOCC. The van der Waals surface area contributed by atoms with Gasteiger partial charge < -0.3 is 15.4 Å². The average Bonchev–Trinajstić information content (AvgIpc) is 2.50. The van der Waals surface area contributed by atoms with Gasteiger partial charge in [-0.05, 0) is 32.9 Å². The monoisotopic (exact) mass is 300 g/mol. The van der Waals surface area contributed by atoms with Gasteiger partial charge in [0, 0.05) is 26.3 Å². The van der Waals surface area contributed by atoms with Crippen molar-refractivity contribution in [3.8, 4) is 0 Å². The summed E-state index contributed by atoms with van der Waals surface area (Å²) in [5.74, 6) is 0. The predicted molar refractivity (Wildman–Crippen MR) is 94.1 cm³/mol. The highest BCUT2D eigenvalue weighted by molar-refractivity contribution is 4.53. The average molecular weight is 301 g/mol. The van der Waals surface area contributed by atoms with E-state index in [0.29, 0.717) is 0 Å². The van der Waals surface area contributed by atoms with E-state index >= 15 is 0 Å². The first-order chi connectivity index (χ1) is 10.4. The van der Waals surface area contributed by atoms with E-state index in [9.17, 15) is 0 Å². The molecule has 3 nitrogen and oxygen atoms in total. The maximum absolute atomic E-state index is 5.30. The smallest absolute Gasteiger partial charge is 0.0477 e. The van der Waals surface area contributed by atoms with Gasteiger partial charge in [0.15, 0.2) is 0 Å². The Morgan fingerprint density at radius 3 is 1.67 bits per heavy atom. The molecule has 0 radical (unpaired) electrons. The van der Waals surface area contributed by atoms with Crippen molar-refractivity contribution < 1.29 is 4.74 Å². The molecule has 0 saturated carbocycles. The minimum Gasteiger partial charge on any atom is -0.382 e. The Labute approximate surface area is 133 Å². The molecular weight excluding hydrogens is 260 g/mol. The van der Waals surface area contributed by atoms with Crippen LogP contribution in [0.4, 0.5) is 0 Å². The summed E-state index contributed by atoms with van der Waals surface area (Å²) >= 11 is 0. The lowest BCUT2D eigenvalue weighted by molar-refractivity contribution is 0.145. The van der Waals surface area contributed by atoms with Gasteiger partial charge in [0.05, 0.1) is 0 Å². The number of rotatable bonds is 18. The second kappa shape index (κ2) is 19.9. The zero-order valence-corrected chi connectivity index (χ0v) is 14.7. The number of nitrogens with one attached hydrogen (secondary N) is 2. The third kappa shape index (κ3) is 19.9.